The Bertz CT molecular complexity index is 439. The Morgan fingerprint density at radius 2 is 1.85 bits per heavy atom. The van der Waals surface area contributed by atoms with Gasteiger partial charge < -0.3 is 9.64 Å². The maximum atomic E-state index is 5.75. The lowest BCUT2D eigenvalue weighted by Crippen LogP contribution is -2.43. The van der Waals surface area contributed by atoms with Crippen molar-refractivity contribution in [2.75, 3.05) is 33.8 Å². The fourth-order valence-electron chi connectivity index (χ4n) is 2.58. The molecule has 0 fully saturated rings. The lowest BCUT2D eigenvalue weighted by Gasteiger charge is -2.37. The molecule has 1 aliphatic heterocycles. The van der Waals surface area contributed by atoms with E-state index in [9.17, 15) is 0 Å². The normalized spacial score (nSPS) is 19.1. The summed E-state index contributed by atoms with van der Waals surface area (Å²) in [7, 11) is 4.43. The highest BCUT2D eigenvalue weighted by molar-refractivity contribution is 5.37. The third-order valence-corrected chi connectivity index (χ3v) is 4.39. The Morgan fingerprint density at radius 1 is 1.15 bits per heavy atom. The van der Waals surface area contributed by atoms with Gasteiger partial charge in [-0.15, -0.1) is 0 Å². The zero-order chi connectivity index (χ0) is 14.8. The molecule has 0 amide bonds. The second-order valence-electron chi connectivity index (χ2n) is 6.76. The third kappa shape index (κ3) is 3.53. The second kappa shape index (κ2) is 6.15. The molecule has 1 unspecified atom stereocenters. The molecule has 0 aliphatic carbocycles. The summed E-state index contributed by atoms with van der Waals surface area (Å²) in [6.45, 7) is 9.76. The van der Waals surface area contributed by atoms with Crippen LogP contribution in [-0.4, -0.2) is 49.1 Å². The van der Waals surface area contributed by atoms with Crippen molar-refractivity contribution in [2.24, 2.45) is 0 Å². The summed E-state index contributed by atoms with van der Waals surface area (Å²) in [6.07, 6.45) is 1.08. The van der Waals surface area contributed by atoms with Crippen LogP contribution in [-0.2, 0) is 0 Å². The predicted octanol–water partition coefficient (Wildman–Crippen LogP) is 3.17. The van der Waals surface area contributed by atoms with Crippen LogP contribution < -0.4 is 4.74 Å². The minimum absolute atomic E-state index is 0.231. The van der Waals surface area contributed by atoms with Crippen LogP contribution in [0.3, 0.4) is 0 Å². The van der Waals surface area contributed by atoms with Gasteiger partial charge in [-0.25, -0.2) is 0 Å². The SMILES string of the molecule is CN(CCN(C)C(C)(C)C)C1CCOc2ccccc21. The van der Waals surface area contributed by atoms with E-state index in [4.69, 9.17) is 4.74 Å². The van der Waals surface area contributed by atoms with Crippen molar-refractivity contribution in [3.8, 4) is 5.75 Å². The molecule has 0 spiro atoms. The summed E-state index contributed by atoms with van der Waals surface area (Å²) in [6, 6.07) is 8.91. The molecule has 20 heavy (non-hydrogen) atoms. The number of fused-ring (bicyclic) bond motifs is 1. The van der Waals surface area contributed by atoms with Gasteiger partial charge in [-0.1, -0.05) is 18.2 Å². The first-order chi connectivity index (χ1) is 9.39. The van der Waals surface area contributed by atoms with E-state index in [1.165, 1.54) is 5.56 Å². The quantitative estimate of drug-likeness (QED) is 0.840. The molecule has 0 saturated heterocycles. The van der Waals surface area contributed by atoms with Crippen LogP contribution in [0.15, 0.2) is 24.3 Å². The van der Waals surface area contributed by atoms with Crippen LogP contribution in [0.4, 0.5) is 0 Å². The Morgan fingerprint density at radius 3 is 2.55 bits per heavy atom. The highest BCUT2D eigenvalue weighted by atomic mass is 16.5. The van der Waals surface area contributed by atoms with Gasteiger partial charge in [0, 0.05) is 36.7 Å². The molecule has 0 bridgehead atoms. The Labute approximate surface area is 123 Å². The number of ether oxygens (including phenoxy) is 1. The Hall–Kier alpha value is -1.06. The maximum Gasteiger partial charge on any atom is 0.124 e. The molecule has 1 aromatic rings. The van der Waals surface area contributed by atoms with E-state index in [0.717, 1.165) is 31.9 Å². The average Bonchev–Trinajstić information content (AvgIpc) is 2.42. The molecule has 1 aromatic carbocycles. The van der Waals surface area contributed by atoms with Gasteiger partial charge in [0.25, 0.3) is 0 Å². The summed E-state index contributed by atoms with van der Waals surface area (Å²) >= 11 is 0. The summed E-state index contributed by atoms with van der Waals surface area (Å²) in [4.78, 5) is 4.87. The van der Waals surface area contributed by atoms with E-state index in [-0.39, 0.29) is 5.54 Å². The van der Waals surface area contributed by atoms with E-state index in [1.807, 2.05) is 0 Å². The molecule has 1 aliphatic rings. The summed E-state index contributed by atoms with van der Waals surface area (Å²) < 4.78 is 5.75. The van der Waals surface area contributed by atoms with E-state index >= 15 is 0 Å². The molecule has 0 aromatic heterocycles. The van der Waals surface area contributed by atoms with Crippen molar-refractivity contribution in [2.45, 2.75) is 38.8 Å². The van der Waals surface area contributed by atoms with Crippen LogP contribution in [0.2, 0.25) is 0 Å². The lowest BCUT2D eigenvalue weighted by molar-refractivity contribution is 0.120. The van der Waals surface area contributed by atoms with Crippen LogP contribution in [0.1, 0.15) is 38.8 Å². The van der Waals surface area contributed by atoms with Crippen molar-refractivity contribution in [3.63, 3.8) is 0 Å². The van der Waals surface area contributed by atoms with Crippen molar-refractivity contribution in [3.05, 3.63) is 29.8 Å². The monoisotopic (exact) mass is 276 g/mol. The highest BCUT2D eigenvalue weighted by Gasteiger charge is 2.25. The van der Waals surface area contributed by atoms with Crippen LogP contribution in [0, 0.1) is 0 Å². The van der Waals surface area contributed by atoms with Gasteiger partial charge in [0.15, 0.2) is 0 Å². The first kappa shape index (κ1) is 15.3. The molecule has 1 atom stereocenters. The summed E-state index contributed by atoms with van der Waals surface area (Å²) in [5.41, 5.74) is 1.56. The van der Waals surface area contributed by atoms with Crippen LogP contribution in [0.5, 0.6) is 5.75 Å². The molecule has 0 N–H and O–H groups in total. The summed E-state index contributed by atoms with van der Waals surface area (Å²) in [5.74, 6) is 1.06. The first-order valence-corrected chi connectivity index (χ1v) is 7.53. The van der Waals surface area contributed by atoms with E-state index in [1.54, 1.807) is 0 Å². The zero-order valence-electron chi connectivity index (χ0n) is 13.5. The number of para-hydroxylation sites is 1. The van der Waals surface area contributed by atoms with E-state index in [2.05, 4.69) is 68.9 Å². The van der Waals surface area contributed by atoms with E-state index < -0.39 is 0 Å². The average molecular weight is 276 g/mol. The molecule has 0 saturated carbocycles. The van der Waals surface area contributed by atoms with Crippen molar-refractivity contribution in [1.29, 1.82) is 0 Å². The molecule has 112 valence electrons. The molecule has 3 heteroatoms. The highest BCUT2D eigenvalue weighted by Crippen LogP contribution is 2.34. The van der Waals surface area contributed by atoms with Gasteiger partial charge in [0.2, 0.25) is 0 Å². The molecule has 1 heterocycles. The number of hydrogen-bond acceptors (Lipinski definition) is 3. The lowest BCUT2D eigenvalue weighted by atomic mass is 9.99. The zero-order valence-corrected chi connectivity index (χ0v) is 13.5. The third-order valence-electron chi connectivity index (χ3n) is 4.39. The number of nitrogens with zero attached hydrogens (tertiary/aromatic N) is 2. The van der Waals surface area contributed by atoms with Gasteiger partial charge in [0.1, 0.15) is 5.75 Å². The van der Waals surface area contributed by atoms with Gasteiger partial charge in [-0.05, 0) is 40.9 Å². The molecule has 3 nitrogen and oxygen atoms in total. The minimum atomic E-state index is 0.231. The smallest absolute Gasteiger partial charge is 0.124 e. The second-order valence-corrected chi connectivity index (χ2v) is 6.76. The van der Waals surface area contributed by atoms with Gasteiger partial charge in [0.05, 0.1) is 6.61 Å². The number of benzene rings is 1. The summed E-state index contributed by atoms with van der Waals surface area (Å²) in [5, 5.41) is 0. The Balaban J connectivity index is 1.99. The minimum Gasteiger partial charge on any atom is -0.493 e. The predicted molar refractivity (Wildman–Crippen MR) is 84.3 cm³/mol. The van der Waals surface area contributed by atoms with Crippen LogP contribution in [0.25, 0.3) is 0 Å². The van der Waals surface area contributed by atoms with Gasteiger partial charge in [-0.2, -0.15) is 0 Å². The van der Waals surface area contributed by atoms with Gasteiger partial charge >= 0.3 is 0 Å². The topological polar surface area (TPSA) is 15.7 Å². The standard InChI is InChI=1S/C17H28N2O/c1-17(2,3)19(5)12-11-18(4)15-10-13-20-16-9-7-6-8-14(15)16/h6-9,15H,10-13H2,1-5H3. The van der Waals surface area contributed by atoms with Gasteiger partial charge in [-0.3, -0.25) is 4.90 Å². The van der Waals surface area contributed by atoms with Crippen molar-refractivity contribution in [1.82, 2.24) is 9.80 Å². The first-order valence-electron chi connectivity index (χ1n) is 7.53. The van der Waals surface area contributed by atoms with E-state index in [0.29, 0.717) is 6.04 Å². The number of hydrogen-bond donors (Lipinski definition) is 0. The Kier molecular flexibility index (Phi) is 4.71. The largest absolute Gasteiger partial charge is 0.493 e. The van der Waals surface area contributed by atoms with Crippen LogP contribution >= 0.6 is 0 Å². The maximum absolute atomic E-state index is 5.75. The fraction of sp³-hybridized carbons (Fsp3) is 0.647. The fourth-order valence-corrected chi connectivity index (χ4v) is 2.58. The number of rotatable bonds is 4. The van der Waals surface area contributed by atoms with Crippen molar-refractivity contribution < 1.29 is 4.74 Å². The van der Waals surface area contributed by atoms with Crippen molar-refractivity contribution >= 4 is 0 Å². The molecular formula is C17H28N2O. The number of likely N-dealkylation sites (N-methyl/N-ethyl adjacent to an activating group) is 2. The molecule has 0 radical (unpaired) electrons. The molecule has 2 rings (SSSR count). The molecular weight excluding hydrogens is 248 g/mol.